The highest BCUT2D eigenvalue weighted by atomic mass is 35.5. The van der Waals surface area contributed by atoms with Crippen molar-refractivity contribution in [3.63, 3.8) is 0 Å². The average molecular weight is 183 g/mol. The van der Waals surface area contributed by atoms with Crippen LogP contribution in [0.3, 0.4) is 0 Å². The van der Waals surface area contributed by atoms with Gasteiger partial charge in [0, 0.05) is 5.92 Å². The van der Waals surface area contributed by atoms with Crippen LogP contribution in [0.2, 0.25) is 0 Å². The molecule has 1 nitrogen and oxygen atoms in total. The molecule has 4 aliphatic rings. The second kappa shape index (κ2) is 1.50. The first-order valence-corrected chi connectivity index (χ1v) is 5.31. The maximum absolute atomic E-state index is 11.1. The summed E-state index contributed by atoms with van der Waals surface area (Å²) >= 11 is 5.59. The highest BCUT2D eigenvalue weighted by molar-refractivity contribution is 6.64. The molecule has 4 fully saturated rings. The molecule has 0 N–H and O–H groups in total. The lowest BCUT2D eigenvalue weighted by atomic mass is 9.43. The highest BCUT2D eigenvalue weighted by Gasteiger charge is 2.82. The Bertz CT molecular complexity index is 300. The molecule has 0 amide bonds. The first-order chi connectivity index (χ1) is 5.74. The van der Waals surface area contributed by atoms with Gasteiger partial charge in [-0.15, -0.1) is 0 Å². The fraction of sp³-hybridized carbons (Fsp3) is 0.900. The van der Waals surface area contributed by atoms with Gasteiger partial charge in [-0.1, -0.05) is 0 Å². The minimum atomic E-state index is -0.0441. The molecular formula is C10H11ClO. The normalized spacial score (nSPS) is 68.9. The van der Waals surface area contributed by atoms with E-state index < -0.39 is 0 Å². The van der Waals surface area contributed by atoms with Crippen molar-refractivity contribution < 1.29 is 4.79 Å². The Morgan fingerprint density at radius 1 is 1.33 bits per heavy atom. The van der Waals surface area contributed by atoms with E-state index in [-0.39, 0.29) is 11.2 Å². The van der Waals surface area contributed by atoms with E-state index >= 15 is 0 Å². The van der Waals surface area contributed by atoms with Crippen molar-refractivity contribution in [1.29, 1.82) is 0 Å². The van der Waals surface area contributed by atoms with Crippen LogP contribution >= 0.6 is 11.6 Å². The third kappa shape index (κ3) is 0.414. The molecule has 4 aliphatic carbocycles. The topological polar surface area (TPSA) is 17.1 Å². The number of carbonyl (C=O) groups is 1. The van der Waals surface area contributed by atoms with E-state index in [1.165, 1.54) is 19.3 Å². The zero-order valence-corrected chi connectivity index (χ0v) is 7.55. The number of hydrogen-bond donors (Lipinski definition) is 0. The van der Waals surface area contributed by atoms with Gasteiger partial charge in [0.2, 0.25) is 5.24 Å². The summed E-state index contributed by atoms with van der Waals surface area (Å²) in [6, 6.07) is 0. The van der Waals surface area contributed by atoms with Gasteiger partial charge in [-0.3, -0.25) is 4.79 Å². The molecular weight excluding hydrogens is 172 g/mol. The van der Waals surface area contributed by atoms with Crippen molar-refractivity contribution in [1.82, 2.24) is 0 Å². The van der Waals surface area contributed by atoms with Gasteiger partial charge in [-0.05, 0) is 60.0 Å². The molecule has 64 valence electrons. The first kappa shape index (κ1) is 6.42. The molecule has 12 heavy (non-hydrogen) atoms. The molecule has 0 aromatic rings. The largest absolute Gasteiger partial charge is 0.281 e. The predicted octanol–water partition coefficient (Wildman–Crippen LogP) is 2.04. The molecule has 1 spiro atoms. The summed E-state index contributed by atoms with van der Waals surface area (Å²) in [5.74, 6) is 3.65. The minimum absolute atomic E-state index is 0.0441. The van der Waals surface area contributed by atoms with Crippen LogP contribution in [-0.2, 0) is 4.79 Å². The van der Waals surface area contributed by atoms with Crippen LogP contribution < -0.4 is 0 Å². The van der Waals surface area contributed by atoms with Gasteiger partial charge in [0.15, 0.2) is 0 Å². The van der Waals surface area contributed by atoms with Crippen LogP contribution in [0.25, 0.3) is 0 Å². The molecule has 0 aromatic heterocycles. The standard InChI is InChI=1S/C10H11ClO/c11-9(12)7-5-1-4-2-10(4)3-6(7)8(5)10/h4-8H,1-3H2. The van der Waals surface area contributed by atoms with E-state index in [1.807, 2.05) is 0 Å². The summed E-state index contributed by atoms with van der Waals surface area (Å²) in [5.41, 5.74) is 0.776. The maximum Gasteiger partial charge on any atom is 0.225 e. The summed E-state index contributed by atoms with van der Waals surface area (Å²) in [7, 11) is 0. The Kier molecular flexibility index (Phi) is 0.800. The molecule has 0 radical (unpaired) electrons. The molecule has 4 rings (SSSR count). The van der Waals surface area contributed by atoms with E-state index in [1.54, 1.807) is 0 Å². The number of halogens is 1. The highest BCUT2D eigenvalue weighted by Crippen LogP contribution is 2.87. The lowest BCUT2D eigenvalue weighted by Crippen LogP contribution is -2.58. The van der Waals surface area contributed by atoms with Gasteiger partial charge in [0.25, 0.3) is 0 Å². The second-order valence-corrected chi connectivity index (χ2v) is 5.63. The molecule has 0 heterocycles. The van der Waals surface area contributed by atoms with Gasteiger partial charge in [0.1, 0.15) is 0 Å². The van der Waals surface area contributed by atoms with Gasteiger partial charge in [0.05, 0.1) is 0 Å². The monoisotopic (exact) mass is 182 g/mol. The molecule has 0 saturated heterocycles. The van der Waals surface area contributed by atoms with Crippen LogP contribution in [0.1, 0.15) is 19.3 Å². The van der Waals surface area contributed by atoms with E-state index in [0.717, 1.165) is 17.3 Å². The van der Waals surface area contributed by atoms with Crippen LogP contribution in [0.4, 0.5) is 0 Å². The number of carbonyl (C=O) groups excluding carboxylic acids is 1. The van der Waals surface area contributed by atoms with E-state index in [2.05, 4.69) is 0 Å². The maximum atomic E-state index is 11.1. The van der Waals surface area contributed by atoms with Crippen molar-refractivity contribution in [2.75, 3.05) is 0 Å². The zero-order chi connectivity index (χ0) is 8.09. The molecule has 6 atom stereocenters. The number of hydrogen-bond acceptors (Lipinski definition) is 1. The third-order valence-electron chi connectivity index (χ3n) is 5.22. The van der Waals surface area contributed by atoms with Crippen molar-refractivity contribution in [2.45, 2.75) is 19.3 Å². The van der Waals surface area contributed by atoms with E-state index in [4.69, 9.17) is 11.6 Å². The van der Waals surface area contributed by atoms with Gasteiger partial charge in [-0.25, -0.2) is 0 Å². The Labute approximate surface area is 76.5 Å². The Morgan fingerprint density at radius 2 is 2.17 bits per heavy atom. The molecule has 0 bridgehead atoms. The fourth-order valence-electron chi connectivity index (χ4n) is 4.79. The molecule has 0 aromatic carbocycles. The SMILES string of the molecule is O=C(Cl)C1C2CC3CC34CC1C24. The molecule has 0 aliphatic heterocycles. The lowest BCUT2D eigenvalue weighted by Gasteiger charge is -2.60. The summed E-state index contributed by atoms with van der Waals surface area (Å²) in [5, 5.41) is -0.0441. The molecule has 6 unspecified atom stereocenters. The Morgan fingerprint density at radius 3 is 2.92 bits per heavy atom. The average Bonchev–Trinajstić information content (AvgIpc) is 2.55. The van der Waals surface area contributed by atoms with Crippen molar-refractivity contribution in [3.8, 4) is 0 Å². The summed E-state index contributed by atoms with van der Waals surface area (Å²) in [6.45, 7) is 0. The summed E-state index contributed by atoms with van der Waals surface area (Å²) in [6.07, 6.45) is 4.14. The van der Waals surface area contributed by atoms with Crippen LogP contribution in [-0.4, -0.2) is 5.24 Å². The number of rotatable bonds is 1. The zero-order valence-electron chi connectivity index (χ0n) is 6.79. The second-order valence-electron chi connectivity index (χ2n) is 5.26. The summed E-state index contributed by atoms with van der Waals surface area (Å²) in [4.78, 5) is 11.1. The third-order valence-corrected chi connectivity index (χ3v) is 5.47. The van der Waals surface area contributed by atoms with Crippen molar-refractivity contribution in [3.05, 3.63) is 0 Å². The fourth-order valence-corrected chi connectivity index (χ4v) is 5.12. The Balaban J connectivity index is 1.72. The van der Waals surface area contributed by atoms with Crippen LogP contribution in [0, 0.1) is 35.0 Å². The lowest BCUT2D eigenvalue weighted by molar-refractivity contribution is -0.158. The molecule has 4 saturated carbocycles. The van der Waals surface area contributed by atoms with E-state index in [9.17, 15) is 4.79 Å². The first-order valence-electron chi connectivity index (χ1n) is 4.93. The smallest absolute Gasteiger partial charge is 0.225 e. The van der Waals surface area contributed by atoms with E-state index in [0.29, 0.717) is 11.8 Å². The predicted molar refractivity (Wildman–Crippen MR) is 44.6 cm³/mol. The molecule has 2 heteroatoms. The van der Waals surface area contributed by atoms with Gasteiger partial charge < -0.3 is 0 Å². The van der Waals surface area contributed by atoms with Crippen LogP contribution in [0.5, 0.6) is 0 Å². The quantitative estimate of drug-likeness (QED) is 0.568. The summed E-state index contributed by atoms with van der Waals surface area (Å²) < 4.78 is 0. The minimum Gasteiger partial charge on any atom is -0.281 e. The Hall–Kier alpha value is -0.0400. The van der Waals surface area contributed by atoms with Crippen molar-refractivity contribution in [2.24, 2.45) is 35.0 Å². The van der Waals surface area contributed by atoms with Crippen molar-refractivity contribution >= 4 is 16.8 Å². The van der Waals surface area contributed by atoms with Gasteiger partial charge >= 0.3 is 0 Å². The van der Waals surface area contributed by atoms with Crippen LogP contribution in [0.15, 0.2) is 0 Å². The van der Waals surface area contributed by atoms with Gasteiger partial charge in [-0.2, -0.15) is 0 Å².